The number of aliphatic carboxylic acids is 5. The second kappa shape index (κ2) is 18.2. The van der Waals surface area contributed by atoms with Gasteiger partial charge in [-0.2, -0.15) is 0 Å². The molecule has 0 saturated heterocycles. The first-order valence-corrected chi connectivity index (χ1v) is 7.67. The van der Waals surface area contributed by atoms with Crippen molar-refractivity contribution in [3.8, 4) is 0 Å². The number of carbonyl (C=O) groups is 5. The molecular formula is C14H19FeKN3O10+3. The molecule has 29 heavy (non-hydrogen) atoms. The first-order valence-electron chi connectivity index (χ1n) is 7.67. The quantitative estimate of drug-likeness (QED) is 0.202. The summed E-state index contributed by atoms with van der Waals surface area (Å²) in [4.78, 5) is 56.6. The summed E-state index contributed by atoms with van der Waals surface area (Å²) in [5.41, 5.74) is 0. The maximum absolute atomic E-state index is 10.8. The smallest absolute Gasteiger partial charge is 0.549 e. The van der Waals surface area contributed by atoms with E-state index in [-0.39, 0.29) is 94.6 Å². The fourth-order valence-electron chi connectivity index (χ4n) is 2.19. The SMILES string of the molecule is O=C([O-])CN(CCN(CC(=O)[O-])CC(=O)[O-])CCN(CC(=O)[O-])CC(=O)O.[Fe+6].[K+]. The van der Waals surface area contributed by atoms with Crippen LogP contribution in [0.2, 0.25) is 0 Å². The van der Waals surface area contributed by atoms with E-state index in [4.69, 9.17) is 5.11 Å². The number of carboxylic acid groups (broad SMARTS) is 5. The third-order valence-electron chi connectivity index (χ3n) is 3.23. The van der Waals surface area contributed by atoms with E-state index in [2.05, 4.69) is 0 Å². The van der Waals surface area contributed by atoms with E-state index in [1.54, 1.807) is 0 Å². The first kappa shape index (κ1) is 33.0. The fourth-order valence-corrected chi connectivity index (χ4v) is 2.19. The van der Waals surface area contributed by atoms with E-state index >= 15 is 0 Å². The summed E-state index contributed by atoms with van der Waals surface area (Å²) in [5, 5.41) is 51.5. The summed E-state index contributed by atoms with van der Waals surface area (Å²) in [6.07, 6.45) is 0. The van der Waals surface area contributed by atoms with E-state index in [0.29, 0.717) is 0 Å². The minimum absolute atomic E-state index is 0. The largest absolute Gasteiger partial charge is 6.00 e. The molecule has 0 aromatic rings. The molecule has 156 valence electrons. The van der Waals surface area contributed by atoms with Gasteiger partial charge in [0.1, 0.15) is 0 Å². The zero-order valence-electron chi connectivity index (χ0n) is 15.7. The summed E-state index contributed by atoms with van der Waals surface area (Å²) >= 11 is 0. The maximum atomic E-state index is 10.8. The van der Waals surface area contributed by atoms with Crippen LogP contribution in [0, 0.1) is 0 Å². The van der Waals surface area contributed by atoms with Crippen molar-refractivity contribution < 1.29 is 118 Å². The van der Waals surface area contributed by atoms with Gasteiger partial charge in [-0.3, -0.25) is 19.5 Å². The summed E-state index contributed by atoms with van der Waals surface area (Å²) in [5.74, 6) is -7.37. The molecule has 0 aliphatic heterocycles. The van der Waals surface area contributed by atoms with Crippen molar-refractivity contribution >= 4 is 29.8 Å². The van der Waals surface area contributed by atoms with Gasteiger partial charge >= 0.3 is 74.4 Å². The average molecular weight is 484 g/mol. The van der Waals surface area contributed by atoms with Gasteiger partial charge < -0.3 is 44.7 Å². The third-order valence-corrected chi connectivity index (χ3v) is 3.23. The topological polar surface area (TPSA) is 208 Å². The molecule has 13 nitrogen and oxygen atoms in total. The summed E-state index contributed by atoms with van der Waals surface area (Å²) in [7, 11) is 0. The van der Waals surface area contributed by atoms with Crippen molar-refractivity contribution in [2.75, 3.05) is 58.9 Å². The van der Waals surface area contributed by atoms with Crippen molar-refractivity contribution in [1.82, 2.24) is 14.7 Å². The zero-order chi connectivity index (χ0) is 21.0. The Morgan fingerprint density at radius 1 is 0.552 bits per heavy atom. The molecule has 0 aliphatic rings. The fraction of sp³-hybridized carbons (Fsp3) is 0.643. The molecule has 0 radical (unpaired) electrons. The number of hydrogen-bond acceptors (Lipinski definition) is 12. The van der Waals surface area contributed by atoms with Crippen molar-refractivity contribution in [3.63, 3.8) is 0 Å². The average Bonchev–Trinajstić information content (AvgIpc) is 2.46. The minimum atomic E-state index is -1.54. The van der Waals surface area contributed by atoms with Crippen LogP contribution in [0.25, 0.3) is 0 Å². The Labute approximate surface area is 219 Å². The van der Waals surface area contributed by atoms with Gasteiger partial charge in [0, 0.05) is 52.4 Å². The summed E-state index contributed by atoms with van der Waals surface area (Å²) in [6, 6.07) is 0. The Hall–Kier alpha value is -0.614. The molecule has 0 bridgehead atoms. The van der Waals surface area contributed by atoms with Crippen LogP contribution in [0.1, 0.15) is 0 Å². The maximum Gasteiger partial charge on any atom is 6.00 e. The molecule has 0 aliphatic carbocycles. The summed E-state index contributed by atoms with van der Waals surface area (Å²) < 4.78 is 0. The van der Waals surface area contributed by atoms with E-state index in [0.717, 1.165) is 9.80 Å². The van der Waals surface area contributed by atoms with Crippen LogP contribution in [0.15, 0.2) is 0 Å². The number of rotatable bonds is 16. The Kier molecular flexibility index (Phi) is 20.7. The van der Waals surface area contributed by atoms with E-state index < -0.39 is 62.6 Å². The molecule has 0 fully saturated rings. The normalized spacial score (nSPS) is 10.3. The third kappa shape index (κ3) is 20.4. The second-order valence-corrected chi connectivity index (χ2v) is 5.58. The van der Waals surface area contributed by atoms with Crippen LogP contribution in [0.3, 0.4) is 0 Å². The van der Waals surface area contributed by atoms with Crippen molar-refractivity contribution in [2.24, 2.45) is 0 Å². The molecule has 0 unspecified atom stereocenters. The van der Waals surface area contributed by atoms with Gasteiger partial charge in [-0.1, -0.05) is 0 Å². The van der Waals surface area contributed by atoms with Gasteiger partial charge in [0.15, 0.2) is 0 Å². The number of nitrogens with zero attached hydrogens (tertiary/aromatic N) is 3. The number of carboxylic acids is 5. The van der Waals surface area contributed by atoms with Crippen LogP contribution >= 0.6 is 0 Å². The molecular weight excluding hydrogens is 465 g/mol. The molecule has 0 aromatic carbocycles. The molecule has 0 spiro atoms. The van der Waals surface area contributed by atoms with Gasteiger partial charge in [-0.15, -0.1) is 0 Å². The van der Waals surface area contributed by atoms with Crippen molar-refractivity contribution in [2.45, 2.75) is 0 Å². The molecule has 0 rings (SSSR count). The molecule has 0 atom stereocenters. The van der Waals surface area contributed by atoms with Gasteiger partial charge in [0.25, 0.3) is 0 Å². The Morgan fingerprint density at radius 2 is 0.793 bits per heavy atom. The van der Waals surface area contributed by atoms with Crippen LogP contribution in [-0.2, 0) is 41.0 Å². The monoisotopic (exact) mass is 484 g/mol. The molecule has 0 amide bonds. The van der Waals surface area contributed by atoms with Gasteiger partial charge in [-0.25, -0.2) is 0 Å². The van der Waals surface area contributed by atoms with E-state index in [9.17, 15) is 44.4 Å². The van der Waals surface area contributed by atoms with Crippen molar-refractivity contribution in [1.29, 1.82) is 0 Å². The molecule has 15 heteroatoms. The van der Waals surface area contributed by atoms with E-state index in [1.165, 1.54) is 4.90 Å². The van der Waals surface area contributed by atoms with Gasteiger partial charge in [-0.05, 0) is 0 Å². The van der Waals surface area contributed by atoms with Crippen molar-refractivity contribution in [3.05, 3.63) is 0 Å². The second-order valence-electron chi connectivity index (χ2n) is 5.58. The molecule has 0 aromatic heterocycles. The summed E-state index contributed by atoms with van der Waals surface area (Å²) in [6.45, 7) is -3.88. The Bertz CT molecular complexity index is 494. The van der Waals surface area contributed by atoms with Crippen LogP contribution < -0.4 is 71.8 Å². The Balaban J connectivity index is -0.00000338. The predicted octanol–water partition coefficient (Wildman–Crippen LogP) is -11.0. The van der Waals surface area contributed by atoms with Crippen LogP contribution in [0.5, 0.6) is 0 Å². The predicted molar refractivity (Wildman–Crippen MR) is 77.0 cm³/mol. The number of carbonyl (C=O) groups excluding carboxylic acids is 4. The first-order chi connectivity index (χ1) is 12.5. The van der Waals surface area contributed by atoms with Gasteiger partial charge in [0.05, 0.1) is 30.4 Å². The number of hydrogen-bond donors (Lipinski definition) is 1. The van der Waals surface area contributed by atoms with Gasteiger partial charge in [0.2, 0.25) is 0 Å². The molecule has 0 heterocycles. The Morgan fingerprint density at radius 3 is 1.07 bits per heavy atom. The van der Waals surface area contributed by atoms with Crippen LogP contribution in [-0.4, -0.2) is 109 Å². The minimum Gasteiger partial charge on any atom is -0.549 e. The van der Waals surface area contributed by atoms with E-state index in [1.807, 2.05) is 0 Å². The van der Waals surface area contributed by atoms with Crippen LogP contribution in [0.4, 0.5) is 0 Å². The zero-order valence-corrected chi connectivity index (χ0v) is 19.9. The molecule has 0 saturated carbocycles. The standard InChI is InChI=1S/C14H23N3O10.Fe.K/c18-10(19)5-15(1-3-16(6-11(20)21)7-12(22)23)2-4-17(8-13(24)25)9-14(26)27;;/h1-9H2,(H,18,19)(H,20,21)(H,22,23)(H,24,25)(H,26,27);;/q;+6;+1/p-4. The molecule has 1 N–H and O–H groups in total.